The first-order valence-corrected chi connectivity index (χ1v) is 24.8. The number of aromatic nitrogens is 4. The van der Waals surface area contributed by atoms with Gasteiger partial charge in [0, 0.05) is 12.3 Å². The molecule has 0 saturated heterocycles. The van der Waals surface area contributed by atoms with Crippen molar-refractivity contribution >= 4 is 17.1 Å². The summed E-state index contributed by atoms with van der Waals surface area (Å²) in [6, 6.07) is 76.9. The predicted molar refractivity (Wildman–Crippen MR) is 290 cm³/mol. The Morgan fingerprint density at radius 2 is 0.973 bits per heavy atom. The number of hydrogen-bond donors (Lipinski definition) is 1. The minimum Gasteiger partial charge on any atom is -0.497 e. The number of fused-ring (bicyclic) bond motifs is 1. The van der Waals surface area contributed by atoms with Crippen LogP contribution in [0.4, 0.5) is 5.95 Å². The summed E-state index contributed by atoms with van der Waals surface area (Å²) in [6.07, 6.45) is 2.01. The first-order valence-electron chi connectivity index (χ1n) is 24.8. The van der Waals surface area contributed by atoms with Crippen LogP contribution in [-0.4, -0.2) is 46.4 Å². The molecule has 0 unspecified atom stereocenters. The summed E-state index contributed by atoms with van der Waals surface area (Å²) in [4.78, 5) is 15.6. The highest BCUT2D eigenvalue weighted by Gasteiger charge is 2.45. The van der Waals surface area contributed by atoms with E-state index in [1.54, 1.807) is 14.2 Å². The molecule has 0 aliphatic heterocycles. The zero-order valence-corrected chi connectivity index (χ0v) is 41.2. The summed E-state index contributed by atoms with van der Waals surface area (Å²) in [6.45, 7) is 5.15. The molecule has 366 valence electrons. The van der Waals surface area contributed by atoms with E-state index < -0.39 is 11.1 Å². The Morgan fingerprint density at radius 3 is 1.49 bits per heavy atom. The summed E-state index contributed by atoms with van der Waals surface area (Å²) in [7, 11) is 3.35. The monoisotopic (exact) mass is 973 g/mol. The van der Waals surface area contributed by atoms with Gasteiger partial charge in [-0.05, 0) is 87.5 Å². The number of imidazole rings is 1. The van der Waals surface area contributed by atoms with Crippen LogP contribution in [-0.2, 0) is 15.9 Å². The van der Waals surface area contributed by atoms with Gasteiger partial charge in [0.15, 0.2) is 11.2 Å². The van der Waals surface area contributed by atoms with Gasteiger partial charge in [-0.25, -0.2) is 4.98 Å². The third-order valence-electron chi connectivity index (χ3n) is 14.1. The largest absolute Gasteiger partial charge is 0.497 e. The quantitative estimate of drug-likeness (QED) is 0.0665. The summed E-state index contributed by atoms with van der Waals surface area (Å²) < 4.78 is 34.6. The number of benzene rings is 8. The Hall–Kier alpha value is -8.99. The van der Waals surface area contributed by atoms with Gasteiger partial charge in [0.2, 0.25) is 5.95 Å². The van der Waals surface area contributed by atoms with Crippen molar-refractivity contribution in [3.8, 4) is 28.9 Å². The summed E-state index contributed by atoms with van der Waals surface area (Å²) in [5, 5.41) is 3.90. The second-order valence-electron chi connectivity index (χ2n) is 18.3. The zero-order valence-electron chi connectivity index (χ0n) is 41.2. The van der Waals surface area contributed by atoms with Gasteiger partial charge in [0.25, 0.3) is 5.88 Å². The fourth-order valence-electron chi connectivity index (χ4n) is 10.4. The molecule has 74 heavy (non-hydrogen) atoms. The lowest BCUT2D eigenvalue weighted by molar-refractivity contribution is -0.0184. The molecule has 1 aliphatic carbocycles. The van der Waals surface area contributed by atoms with Crippen molar-refractivity contribution in [3.05, 3.63) is 282 Å². The lowest BCUT2D eigenvalue weighted by Gasteiger charge is -2.37. The molecule has 2 heterocycles. The van der Waals surface area contributed by atoms with E-state index in [2.05, 4.69) is 107 Å². The number of rotatable bonds is 18. The van der Waals surface area contributed by atoms with Gasteiger partial charge in [0.05, 0.1) is 33.2 Å². The highest BCUT2D eigenvalue weighted by Crippen LogP contribution is 2.48. The van der Waals surface area contributed by atoms with Gasteiger partial charge >= 0.3 is 0 Å². The van der Waals surface area contributed by atoms with Crippen LogP contribution in [0, 0.1) is 5.92 Å². The molecule has 10 aromatic rings. The van der Waals surface area contributed by atoms with Crippen LogP contribution >= 0.6 is 0 Å². The summed E-state index contributed by atoms with van der Waals surface area (Å²) in [5.74, 6) is 3.18. The third kappa shape index (κ3) is 9.12. The van der Waals surface area contributed by atoms with Crippen LogP contribution in [0.1, 0.15) is 45.8 Å². The number of ether oxygens (including phenoxy) is 5. The standard InChI is InChI=1S/C64H55N5O5/c1-45-56(43-72-64(49-26-14-6-15-27-49,50-28-16-7-17-29-50)51-36-40-53(71-3)41-37-51)58(73-54-30-18-8-19-31-54)42-57(45)69-44-65-59-60(69)66-62(67-61(59)74-55-32-20-9-21-33-55)68-63(46-22-10-4-11-23-46,47-24-12-5-13-25-47)48-34-38-52(70-2)39-35-48/h4-41,44,56-58H,1,42-43H2,2-3H3,(H,66,67,68)/t56-,57-,58-/m0/s1. The topological polar surface area (TPSA) is 102 Å². The van der Waals surface area contributed by atoms with Crippen LogP contribution in [0.15, 0.2) is 249 Å². The van der Waals surface area contributed by atoms with E-state index in [1.807, 2.05) is 140 Å². The van der Waals surface area contributed by atoms with Gasteiger partial charge in [-0.1, -0.05) is 189 Å². The highest BCUT2D eigenvalue weighted by atomic mass is 16.5. The van der Waals surface area contributed by atoms with Gasteiger partial charge in [-0.2, -0.15) is 9.97 Å². The van der Waals surface area contributed by atoms with Crippen LogP contribution in [0.3, 0.4) is 0 Å². The molecule has 1 N–H and O–H groups in total. The van der Waals surface area contributed by atoms with Gasteiger partial charge in [-0.3, -0.25) is 0 Å². The van der Waals surface area contributed by atoms with Gasteiger partial charge in [0.1, 0.15) is 40.2 Å². The Labute approximate surface area is 431 Å². The average molecular weight is 974 g/mol. The molecule has 10 heteroatoms. The average Bonchev–Trinajstić information content (AvgIpc) is 4.03. The van der Waals surface area contributed by atoms with E-state index in [-0.39, 0.29) is 24.7 Å². The molecule has 0 spiro atoms. The van der Waals surface area contributed by atoms with Crippen molar-refractivity contribution in [2.45, 2.75) is 29.7 Å². The molecule has 0 radical (unpaired) electrons. The fourth-order valence-corrected chi connectivity index (χ4v) is 10.4. The Kier molecular flexibility index (Phi) is 13.4. The van der Waals surface area contributed by atoms with Crippen LogP contribution < -0.4 is 24.3 Å². The molecule has 3 atom stereocenters. The molecule has 1 saturated carbocycles. The normalized spacial score (nSPS) is 15.6. The molecule has 0 bridgehead atoms. The minimum atomic E-state index is -1.02. The molecule has 8 aromatic carbocycles. The maximum absolute atomic E-state index is 7.57. The van der Waals surface area contributed by atoms with Crippen molar-refractivity contribution in [1.29, 1.82) is 0 Å². The zero-order chi connectivity index (χ0) is 50.3. The number of para-hydroxylation sites is 2. The van der Waals surface area contributed by atoms with Crippen molar-refractivity contribution in [2.24, 2.45) is 5.92 Å². The number of hydrogen-bond acceptors (Lipinski definition) is 9. The van der Waals surface area contributed by atoms with E-state index in [4.69, 9.17) is 45.2 Å². The molecule has 0 amide bonds. The second-order valence-corrected chi connectivity index (χ2v) is 18.3. The lowest BCUT2D eigenvalue weighted by Crippen LogP contribution is -2.38. The number of methoxy groups -OCH3 is 2. The fraction of sp³-hybridized carbons (Fsp3) is 0.141. The maximum atomic E-state index is 7.57. The van der Waals surface area contributed by atoms with E-state index in [1.165, 1.54) is 0 Å². The lowest BCUT2D eigenvalue weighted by atomic mass is 9.77. The van der Waals surface area contributed by atoms with Crippen LogP contribution in [0.25, 0.3) is 11.2 Å². The molecule has 10 nitrogen and oxygen atoms in total. The van der Waals surface area contributed by atoms with Crippen LogP contribution in [0.2, 0.25) is 0 Å². The number of nitrogens with one attached hydrogen (secondary N) is 1. The molecular weight excluding hydrogens is 919 g/mol. The van der Waals surface area contributed by atoms with Crippen molar-refractivity contribution in [1.82, 2.24) is 19.5 Å². The third-order valence-corrected chi connectivity index (χ3v) is 14.1. The Morgan fingerprint density at radius 1 is 0.527 bits per heavy atom. The first kappa shape index (κ1) is 47.3. The van der Waals surface area contributed by atoms with E-state index >= 15 is 0 Å². The second kappa shape index (κ2) is 21.0. The first-order chi connectivity index (χ1) is 36.5. The number of nitrogens with zero attached hydrogens (tertiary/aromatic N) is 4. The highest BCUT2D eigenvalue weighted by molar-refractivity contribution is 5.79. The minimum absolute atomic E-state index is 0.262. The van der Waals surface area contributed by atoms with E-state index in [0.29, 0.717) is 35.2 Å². The smallest absolute Gasteiger partial charge is 0.252 e. The van der Waals surface area contributed by atoms with E-state index in [0.717, 1.165) is 56.2 Å². The molecule has 2 aromatic heterocycles. The van der Waals surface area contributed by atoms with Crippen molar-refractivity contribution in [3.63, 3.8) is 0 Å². The Bertz CT molecular complexity index is 3360. The predicted octanol–water partition coefficient (Wildman–Crippen LogP) is 13.6. The van der Waals surface area contributed by atoms with Gasteiger partial charge < -0.3 is 33.6 Å². The summed E-state index contributed by atoms with van der Waals surface area (Å²) >= 11 is 0. The summed E-state index contributed by atoms with van der Waals surface area (Å²) in [5.41, 5.74) is 5.78. The molecular formula is C64H55N5O5. The van der Waals surface area contributed by atoms with Crippen molar-refractivity contribution < 1.29 is 23.7 Å². The van der Waals surface area contributed by atoms with Crippen LogP contribution in [0.5, 0.6) is 28.9 Å². The number of anilines is 1. The van der Waals surface area contributed by atoms with Crippen molar-refractivity contribution in [2.75, 3.05) is 26.1 Å². The molecule has 11 rings (SSSR count). The van der Waals surface area contributed by atoms with E-state index in [9.17, 15) is 0 Å². The SMILES string of the molecule is C=C1[C@H](COC(c2ccccc2)(c2ccccc2)c2ccc(OC)cc2)[C@@H](Oc2ccccc2)C[C@@H]1n1cnc2c(Oc3ccccc3)nc(NC(c3ccccc3)(c3ccccc3)c3ccc(OC)cc3)nc21. The maximum Gasteiger partial charge on any atom is 0.252 e. The molecule has 1 fully saturated rings. The van der Waals surface area contributed by atoms with Gasteiger partial charge in [-0.15, -0.1) is 0 Å². The molecule has 1 aliphatic rings. The Balaban J connectivity index is 1.04.